The Morgan fingerprint density at radius 3 is 2.78 bits per heavy atom. The molecule has 7 heteroatoms. The van der Waals surface area contributed by atoms with Gasteiger partial charge in [-0.1, -0.05) is 35.5 Å². The Labute approximate surface area is 154 Å². The maximum atomic E-state index is 13.2. The number of amides is 1. The molecule has 6 nitrogen and oxygen atoms in total. The third kappa shape index (κ3) is 2.46. The smallest absolute Gasteiger partial charge is 0.265 e. The monoisotopic (exact) mass is 365 g/mol. The standard InChI is InChI=1S/C20H16FN3O3/c1-10-6-7-11(18-22-19(27-23-18)13-9-14(13)21)8-16(10)24-15-5-3-2-4-12(15)17(25)20(24)26/h2-8,13-14,17,25H,9H2,1H3/t13-,14-,17?/m0/s1. The van der Waals surface area contributed by atoms with Crippen LogP contribution in [0.3, 0.4) is 0 Å². The molecule has 3 aromatic rings. The molecule has 136 valence electrons. The van der Waals surface area contributed by atoms with Crippen molar-refractivity contribution in [1.82, 2.24) is 10.1 Å². The fourth-order valence-electron chi connectivity index (χ4n) is 3.46. The lowest BCUT2D eigenvalue weighted by molar-refractivity contribution is -0.125. The Morgan fingerprint density at radius 2 is 2.00 bits per heavy atom. The molecule has 1 aliphatic carbocycles. The number of aliphatic hydroxyl groups is 1. The van der Waals surface area contributed by atoms with Gasteiger partial charge < -0.3 is 9.63 Å². The van der Waals surface area contributed by atoms with E-state index in [1.54, 1.807) is 24.3 Å². The van der Waals surface area contributed by atoms with E-state index in [1.165, 1.54) is 4.90 Å². The number of carbonyl (C=O) groups excluding carboxylic acids is 1. The van der Waals surface area contributed by atoms with E-state index in [1.807, 2.05) is 25.1 Å². The number of anilines is 2. The first-order chi connectivity index (χ1) is 13.0. The molecule has 3 atom stereocenters. The molecule has 1 fully saturated rings. The maximum absolute atomic E-state index is 13.2. The summed E-state index contributed by atoms with van der Waals surface area (Å²) in [6.07, 6.45) is -1.68. The number of hydrogen-bond acceptors (Lipinski definition) is 5. The summed E-state index contributed by atoms with van der Waals surface area (Å²) in [7, 11) is 0. The molecule has 2 heterocycles. The number of aryl methyl sites for hydroxylation is 1. The Balaban J connectivity index is 1.57. The van der Waals surface area contributed by atoms with Gasteiger partial charge in [-0.15, -0.1) is 0 Å². The highest BCUT2D eigenvalue weighted by Gasteiger charge is 2.43. The second-order valence-electron chi connectivity index (χ2n) is 6.95. The number of alkyl halides is 1. The van der Waals surface area contributed by atoms with E-state index in [0.717, 1.165) is 5.56 Å². The second-order valence-corrected chi connectivity index (χ2v) is 6.95. The first-order valence-electron chi connectivity index (χ1n) is 8.74. The highest BCUT2D eigenvalue weighted by molar-refractivity contribution is 6.10. The van der Waals surface area contributed by atoms with Crippen molar-refractivity contribution in [3.05, 3.63) is 59.5 Å². The number of nitrogens with zero attached hydrogens (tertiary/aromatic N) is 3. The van der Waals surface area contributed by atoms with Gasteiger partial charge in [0.15, 0.2) is 6.10 Å². The van der Waals surface area contributed by atoms with Crippen molar-refractivity contribution in [1.29, 1.82) is 0 Å². The topological polar surface area (TPSA) is 79.5 Å². The molecule has 0 bridgehead atoms. The van der Waals surface area contributed by atoms with Gasteiger partial charge in [-0.3, -0.25) is 9.69 Å². The van der Waals surface area contributed by atoms with Crippen LogP contribution in [0.5, 0.6) is 0 Å². The van der Waals surface area contributed by atoms with Crippen LogP contribution in [0.2, 0.25) is 0 Å². The Kier molecular flexibility index (Phi) is 3.42. The van der Waals surface area contributed by atoms with Crippen LogP contribution in [0.1, 0.15) is 35.5 Å². The summed E-state index contributed by atoms with van der Waals surface area (Å²) in [5.41, 5.74) is 3.40. The summed E-state index contributed by atoms with van der Waals surface area (Å²) >= 11 is 0. The van der Waals surface area contributed by atoms with Gasteiger partial charge in [-0.05, 0) is 31.0 Å². The van der Waals surface area contributed by atoms with Crippen LogP contribution in [-0.2, 0) is 4.79 Å². The van der Waals surface area contributed by atoms with E-state index in [0.29, 0.717) is 40.6 Å². The molecule has 0 saturated heterocycles. The molecule has 2 aromatic carbocycles. The zero-order valence-corrected chi connectivity index (χ0v) is 14.5. The highest BCUT2D eigenvalue weighted by Crippen LogP contribution is 2.44. The van der Waals surface area contributed by atoms with Crippen LogP contribution in [0.15, 0.2) is 47.0 Å². The summed E-state index contributed by atoms with van der Waals surface area (Å²) < 4.78 is 18.4. The first-order valence-corrected chi connectivity index (χ1v) is 8.74. The van der Waals surface area contributed by atoms with E-state index in [9.17, 15) is 14.3 Å². The summed E-state index contributed by atoms with van der Waals surface area (Å²) in [5, 5.41) is 14.2. The van der Waals surface area contributed by atoms with Crippen molar-refractivity contribution < 1.29 is 18.8 Å². The van der Waals surface area contributed by atoms with E-state index >= 15 is 0 Å². The van der Waals surface area contributed by atoms with E-state index in [4.69, 9.17) is 4.52 Å². The fourth-order valence-corrected chi connectivity index (χ4v) is 3.46. The molecule has 0 radical (unpaired) electrons. The maximum Gasteiger partial charge on any atom is 0.265 e. The van der Waals surface area contributed by atoms with Crippen molar-refractivity contribution in [2.45, 2.75) is 31.5 Å². The number of fused-ring (bicyclic) bond motifs is 1. The average Bonchev–Trinajstić information content (AvgIpc) is 3.11. The number of aliphatic hydroxyl groups excluding tert-OH is 1. The van der Waals surface area contributed by atoms with E-state index in [2.05, 4.69) is 10.1 Å². The lowest BCUT2D eigenvalue weighted by atomic mass is 10.1. The number of hydrogen-bond donors (Lipinski definition) is 1. The van der Waals surface area contributed by atoms with Gasteiger partial charge >= 0.3 is 0 Å². The van der Waals surface area contributed by atoms with Gasteiger partial charge in [0.2, 0.25) is 11.7 Å². The summed E-state index contributed by atoms with van der Waals surface area (Å²) in [4.78, 5) is 18.5. The molecule has 2 aliphatic rings. The van der Waals surface area contributed by atoms with E-state index < -0.39 is 18.2 Å². The molecular weight excluding hydrogens is 349 g/mol. The molecule has 1 saturated carbocycles. The Hall–Kier alpha value is -3.06. The minimum atomic E-state index is -1.18. The van der Waals surface area contributed by atoms with Crippen LogP contribution >= 0.6 is 0 Å². The first kappa shape index (κ1) is 16.1. The molecule has 1 amide bonds. The minimum Gasteiger partial charge on any atom is -0.378 e. The van der Waals surface area contributed by atoms with Crippen LogP contribution in [0, 0.1) is 6.92 Å². The number of halogens is 1. The SMILES string of the molecule is Cc1ccc(-c2noc([C@H]3C[C@@H]3F)n2)cc1N1C(=O)C(O)c2ccccc21. The van der Waals surface area contributed by atoms with Gasteiger partial charge in [0.25, 0.3) is 5.91 Å². The van der Waals surface area contributed by atoms with E-state index in [-0.39, 0.29) is 5.92 Å². The third-order valence-electron chi connectivity index (χ3n) is 5.11. The quantitative estimate of drug-likeness (QED) is 0.767. The van der Waals surface area contributed by atoms with Gasteiger partial charge in [0.05, 0.1) is 17.3 Å². The Bertz CT molecular complexity index is 1060. The number of rotatable bonds is 3. The molecule has 1 aliphatic heterocycles. The molecule has 27 heavy (non-hydrogen) atoms. The largest absolute Gasteiger partial charge is 0.378 e. The molecule has 0 spiro atoms. The summed E-state index contributed by atoms with van der Waals surface area (Å²) in [5.74, 6) is -0.0506. The van der Waals surface area contributed by atoms with Crippen LogP contribution < -0.4 is 4.90 Å². The van der Waals surface area contributed by atoms with Crippen LogP contribution in [-0.4, -0.2) is 27.3 Å². The predicted molar refractivity (Wildman–Crippen MR) is 95.3 cm³/mol. The minimum absolute atomic E-state index is 0.303. The molecule has 1 unspecified atom stereocenters. The van der Waals surface area contributed by atoms with Crippen molar-refractivity contribution in [2.75, 3.05) is 4.90 Å². The Morgan fingerprint density at radius 1 is 1.22 bits per heavy atom. The van der Waals surface area contributed by atoms with Gasteiger partial charge in [-0.2, -0.15) is 4.98 Å². The van der Waals surface area contributed by atoms with Gasteiger partial charge in [0, 0.05) is 11.1 Å². The number of para-hydroxylation sites is 1. The normalized spacial score (nSPS) is 23.6. The van der Waals surface area contributed by atoms with Crippen molar-refractivity contribution in [3.63, 3.8) is 0 Å². The lowest BCUT2D eigenvalue weighted by Gasteiger charge is -2.20. The number of benzene rings is 2. The molecule has 1 aromatic heterocycles. The molecule has 5 rings (SSSR count). The fraction of sp³-hybridized carbons (Fsp3) is 0.250. The van der Waals surface area contributed by atoms with Crippen molar-refractivity contribution >= 4 is 17.3 Å². The zero-order valence-electron chi connectivity index (χ0n) is 14.5. The lowest BCUT2D eigenvalue weighted by Crippen LogP contribution is -2.24. The molecular formula is C20H16FN3O3. The summed E-state index contributed by atoms with van der Waals surface area (Å²) in [6, 6.07) is 12.6. The predicted octanol–water partition coefficient (Wildman–Crippen LogP) is 3.58. The second kappa shape index (κ2) is 5.72. The average molecular weight is 365 g/mol. The van der Waals surface area contributed by atoms with Crippen LogP contribution in [0.25, 0.3) is 11.4 Å². The number of aromatic nitrogens is 2. The summed E-state index contributed by atoms with van der Waals surface area (Å²) in [6.45, 7) is 1.89. The third-order valence-corrected chi connectivity index (χ3v) is 5.11. The van der Waals surface area contributed by atoms with Crippen molar-refractivity contribution in [3.8, 4) is 11.4 Å². The van der Waals surface area contributed by atoms with Gasteiger partial charge in [-0.25, -0.2) is 4.39 Å². The van der Waals surface area contributed by atoms with Crippen molar-refractivity contribution in [2.24, 2.45) is 0 Å². The van der Waals surface area contributed by atoms with Crippen LogP contribution in [0.4, 0.5) is 15.8 Å². The number of carbonyl (C=O) groups is 1. The zero-order chi connectivity index (χ0) is 18.7. The molecule has 1 N–H and O–H groups in total. The van der Waals surface area contributed by atoms with Gasteiger partial charge in [0.1, 0.15) is 6.17 Å². The highest BCUT2D eigenvalue weighted by atomic mass is 19.1.